The third kappa shape index (κ3) is 7.17. The summed E-state index contributed by atoms with van der Waals surface area (Å²) in [5, 5.41) is 6.23. The maximum Gasteiger partial charge on any atom is 0.191 e. The Labute approximate surface area is 128 Å². The molecule has 7 heteroatoms. The van der Waals surface area contributed by atoms with Crippen molar-refractivity contribution < 1.29 is 13.5 Å². The highest BCUT2D eigenvalue weighted by Gasteiger charge is 2.04. The fraction of sp³-hybridized carbons (Fsp3) is 0.500. The molecule has 0 saturated carbocycles. The van der Waals surface area contributed by atoms with Crippen molar-refractivity contribution in [2.24, 2.45) is 4.99 Å². The normalized spacial score (nSPS) is 11.3. The summed E-state index contributed by atoms with van der Waals surface area (Å²) in [5.41, 5.74) is 0. The van der Waals surface area contributed by atoms with Gasteiger partial charge in [-0.1, -0.05) is 0 Å². The van der Waals surface area contributed by atoms with E-state index in [9.17, 15) is 8.78 Å². The molecule has 0 amide bonds. The maximum atomic E-state index is 13.3. The smallest absolute Gasteiger partial charge is 0.191 e. The van der Waals surface area contributed by atoms with Crippen LogP contribution < -0.4 is 15.4 Å². The topological polar surface area (TPSA) is 45.7 Å². The highest BCUT2D eigenvalue weighted by molar-refractivity contribution is 7.98. The van der Waals surface area contributed by atoms with Crippen LogP contribution in [0.4, 0.5) is 8.78 Å². The first-order valence-corrected chi connectivity index (χ1v) is 8.08. The summed E-state index contributed by atoms with van der Waals surface area (Å²) in [6, 6.07) is 3.24. The van der Waals surface area contributed by atoms with Gasteiger partial charge >= 0.3 is 0 Å². The minimum Gasteiger partial charge on any atom is -0.489 e. The Morgan fingerprint density at radius 2 is 2.05 bits per heavy atom. The van der Waals surface area contributed by atoms with Gasteiger partial charge in [-0.15, -0.1) is 0 Å². The van der Waals surface area contributed by atoms with E-state index in [1.54, 1.807) is 18.8 Å². The summed E-state index contributed by atoms with van der Waals surface area (Å²) in [5.74, 6) is 0.500. The molecule has 4 nitrogen and oxygen atoms in total. The standard InChI is InChI=1S/C14H21F2N3OS/c1-17-14(18-6-3-9-21-2)19-7-8-20-13-5-4-11(15)10-12(13)16/h4-5,10H,3,6-9H2,1-2H3,(H2,17,18,19). The number of rotatable bonds is 8. The molecule has 0 spiro atoms. The Hall–Kier alpha value is -1.50. The predicted octanol–water partition coefficient (Wildman–Crippen LogP) is 2.26. The van der Waals surface area contributed by atoms with Gasteiger partial charge in [0.2, 0.25) is 0 Å². The van der Waals surface area contributed by atoms with Gasteiger partial charge in [-0.2, -0.15) is 11.8 Å². The van der Waals surface area contributed by atoms with Gasteiger partial charge in [0.25, 0.3) is 0 Å². The summed E-state index contributed by atoms with van der Waals surface area (Å²) in [4.78, 5) is 4.07. The van der Waals surface area contributed by atoms with Gasteiger partial charge in [0.1, 0.15) is 12.4 Å². The number of aliphatic imine (C=N–C) groups is 1. The summed E-state index contributed by atoms with van der Waals surface area (Å²) in [6.45, 7) is 1.57. The van der Waals surface area contributed by atoms with Crippen molar-refractivity contribution in [3.05, 3.63) is 29.8 Å². The molecule has 0 heterocycles. The first-order valence-electron chi connectivity index (χ1n) is 6.68. The first kappa shape index (κ1) is 17.6. The Kier molecular flexibility index (Phi) is 8.57. The molecule has 0 radical (unpaired) electrons. The van der Waals surface area contributed by atoms with Crippen molar-refractivity contribution >= 4 is 17.7 Å². The molecule has 0 aliphatic rings. The van der Waals surface area contributed by atoms with E-state index in [0.29, 0.717) is 12.5 Å². The van der Waals surface area contributed by atoms with Crippen LogP contribution in [0, 0.1) is 11.6 Å². The average Bonchev–Trinajstić information content (AvgIpc) is 2.47. The summed E-state index contributed by atoms with van der Waals surface area (Å²) in [6.07, 6.45) is 3.12. The molecule has 21 heavy (non-hydrogen) atoms. The Morgan fingerprint density at radius 3 is 2.71 bits per heavy atom. The largest absolute Gasteiger partial charge is 0.489 e. The van der Waals surface area contributed by atoms with E-state index in [-0.39, 0.29) is 12.4 Å². The molecule has 1 aromatic carbocycles. The third-order valence-corrected chi connectivity index (χ3v) is 3.28. The number of hydrogen-bond donors (Lipinski definition) is 2. The number of thioether (sulfide) groups is 1. The van der Waals surface area contributed by atoms with Crippen LogP contribution in [-0.4, -0.2) is 44.7 Å². The van der Waals surface area contributed by atoms with E-state index in [4.69, 9.17) is 4.74 Å². The molecule has 2 N–H and O–H groups in total. The highest BCUT2D eigenvalue weighted by Crippen LogP contribution is 2.17. The number of nitrogens with one attached hydrogen (secondary N) is 2. The number of ether oxygens (including phenoxy) is 1. The predicted molar refractivity (Wildman–Crippen MR) is 84.2 cm³/mol. The molecule has 0 aliphatic heterocycles. The van der Waals surface area contributed by atoms with E-state index >= 15 is 0 Å². The zero-order chi connectivity index (χ0) is 15.5. The molecular formula is C14H21F2N3OS. The molecule has 0 fully saturated rings. The lowest BCUT2D eigenvalue weighted by Gasteiger charge is -2.12. The number of guanidine groups is 1. The van der Waals surface area contributed by atoms with Crippen molar-refractivity contribution in [2.45, 2.75) is 6.42 Å². The van der Waals surface area contributed by atoms with E-state index in [1.165, 1.54) is 6.07 Å². The van der Waals surface area contributed by atoms with Gasteiger partial charge in [-0.3, -0.25) is 4.99 Å². The van der Waals surface area contributed by atoms with Crippen LogP contribution in [0.3, 0.4) is 0 Å². The quantitative estimate of drug-likeness (QED) is 0.439. The number of nitrogens with zero attached hydrogens (tertiary/aromatic N) is 1. The second kappa shape index (κ2) is 10.3. The maximum absolute atomic E-state index is 13.3. The van der Waals surface area contributed by atoms with Crippen molar-refractivity contribution in [3.8, 4) is 5.75 Å². The molecule has 0 unspecified atom stereocenters. The Balaban J connectivity index is 2.22. The molecule has 0 saturated heterocycles. The van der Waals surface area contributed by atoms with Gasteiger partial charge < -0.3 is 15.4 Å². The zero-order valence-electron chi connectivity index (χ0n) is 12.3. The molecule has 1 aromatic rings. The number of halogens is 2. The fourth-order valence-electron chi connectivity index (χ4n) is 1.57. The Bertz CT molecular complexity index is 458. The van der Waals surface area contributed by atoms with Crippen LogP contribution in [0.25, 0.3) is 0 Å². The average molecular weight is 317 g/mol. The van der Waals surface area contributed by atoms with Crippen molar-refractivity contribution in [1.82, 2.24) is 10.6 Å². The fourth-order valence-corrected chi connectivity index (χ4v) is 2.00. The van der Waals surface area contributed by atoms with Gasteiger partial charge in [-0.25, -0.2) is 8.78 Å². The van der Waals surface area contributed by atoms with Crippen LogP contribution in [0.1, 0.15) is 6.42 Å². The molecule has 118 valence electrons. The Morgan fingerprint density at radius 1 is 1.29 bits per heavy atom. The lowest BCUT2D eigenvalue weighted by atomic mass is 10.3. The van der Waals surface area contributed by atoms with E-state index in [0.717, 1.165) is 30.9 Å². The molecule has 0 aliphatic carbocycles. The van der Waals surface area contributed by atoms with Crippen LogP contribution in [0.15, 0.2) is 23.2 Å². The second-order valence-corrected chi connectivity index (χ2v) is 5.18. The van der Waals surface area contributed by atoms with Crippen LogP contribution in [-0.2, 0) is 0 Å². The lowest BCUT2D eigenvalue weighted by Crippen LogP contribution is -2.39. The van der Waals surface area contributed by atoms with E-state index in [1.807, 2.05) is 0 Å². The summed E-state index contributed by atoms with van der Waals surface area (Å²) >= 11 is 1.80. The summed E-state index contributed by atoms with van der Waals surface area (Å²) in [7, 11) is 1.68. The molecular weight excluding hydrogens is 296 g/mol. The van der Waals surface area contributed by atoms with Crippen LogP contribution in [0.5, 0.6) is 5.75 Å². The van der Waals surface area contributed by atoms with Gasteiger partial charge in [0, 0.05) is 19.7 Å². The van der Waals surface area contributed by atoms with Gasteiger partial charge in [0.05, 0.1) is 6.54 Å². The monoisotopic (exact) mass is 317 g/mol. The van der Waals surface area contributed by atoms with Gasteiger partial charge in [0.15, 0.2) is 17.5 Å². The third-order valence-electron chi connectivity index (χ3n) is 2.59. The van der Waals surface area contributed by atoms with Crippen molar-refractivity contribution in [1.29, 1.82) is 0 Å². The second-order valence-electron chi connectivity index (χ2n) is 4.20. The lowest BCUT2D eigenvalue weighted by molar-refractivity contribution is 0.304. The number of hydrogen-bond acceptors (Lipinski definition) is 3. The van der Waals surface area contributed by atoms with Crippen molar-refractivity contribution in [2.75, 3.05) is 38.8 Å². The minimum atomic E-state index is -0.699. The summed E-state index contributed by atoms with van der Waals surface area (Å²) < 4.78 is 31.3. The number of benzene rings is 1. The SMILES string of the molecule is CN=C(NCCCSC)NCCOc1ccc(F)cc1F. The van der Waals surface area contributed by atoms with E-state index in [2.05, 4.69) is 21.9 Å². The van der Waals surface area contributed by atoms with E-state index < -0.39 is 11.6 Å². The molecule has 0 aromatic heterocycles. The zero-order valence-corrected chi connectivity index (χ0v) is 13.1. The molecule has 0 atom stereocenters. The molecule has 0 bridgehead atoms. The van der Waals surface area contributed by atoms with Crippen LogP contribution in [0.2, 0.25) is 0 Å². The van der Waals surface area contributed by atoms with Crippen LogP contribution >= 0.6 is 11.8 Å². The van der Waals surface area contributed by atoms with Crippen molar-refractivity contribution in [3.63, 3.8) is 0 Å². The minimum absolute atomic E-state index is 0.0427. The molecule has 1 rings (SSSR count). The first-order chi connectivity index (χ1) is 10.2. The highest BCUT2D eigenvalue weighted by atomic mass is 32.2. The van der Waals surface area contributed by atoms with Gasteiger partial charge in [-0.05, 0) is 30.6 Å².